The van der Waals surface area contributed by atoms with Crippen LogP contribution in [-0.4, -0.2) is 4.98 Å². The molecular formula is C12H10ClN3O2S. The van der Waals surface area contributed by atoms with Gasteiger partial charge in [0, 0.05) is 17.5 Å². The van der Waals surface area contributed by atoms with E-state index in [9.17, 15) is 4.79 Å². The maximum Gasteiger partial charge on any atom is 0.417 e. The third kappa shape index (κ3) is 2.45. The van der Waals surface area contributed by atoms with E-state index < -0.39 is 5.76 Å². The van der Waals surface area contributed by atoms with Crippen molar-refractivity contribution in [2.75, 3.05) is 11.1 Å². The van der Waals surface area contributed by atoms with Crippen LogP contribution in [0.1, 0.15) is 4.88 Å². The minimum atomic E-state index is -0.489. The van der Waals surface area contributed by atoms with E-state index in [4.69, 9.17) is 21.8 Å². The predicted octanol–water partition coefficient (Wildman–Crippen LogP) is 3.03. The quantitative estimate of drug-likeness (QED) is 0.649. The SMILES string of the molecule is Nc1cc2oc(=O)[nH]c2cc1NCc1ccc(Cl)s1. The van der Waals surface area contributed by atoms with E-state index in [2.05, 4.69) is 10.3 Å². The number of anilines is 2. The summed E-state index contributed by atoms with van der Waals surface area (Å²) in [5, 5.41) is 3.21. The number of thiophene rings is 1. The van der Waals surface area contributed by atoms with Crippen LogP contribution < -0.4 is 16.8 Å². The summed E-state index contributed by atoms with van der Waals surface area (Å²) in [6.45, 7) is 0.620. The smallest absolute Gasteiger partial charge is 0.408 e. The lowest BCUT2D eigenvalue weighted by molar-refractivity contribution is 0.555. The Morgan fingerprint density at radius 2 is 2.26 bits per heavy atom. The van der Waals surface area contributed by atoms with Crippen LogP contribution in [0.2, 0.25) is 4.34 Å². The second-order valence-corrected chi connectivity index (χ2v) is 5.81. The van der Waals surface area contributed by atoms with E-state index in [0.717, 1.165) is 14.9 Å². The van der Waals surface area contributed by atoms with Gasteiger partial charge in [0.25, 0.3) is 0 Å². The zero-order valence-corrected chi connectivity index (χ0v) is 11.3. The van der Waals surface area contributed by atoms with Gasteiger partial charge in [-0.15, -0.1) is 11.3 Å². The first-order valence-electron chi connectivity index (χ1n) is 5.52. The lowest BCUT2D eigenvalue weighted by Crippen LogP contribution is -2.01. The van der Waals surface area contributed by atoms with Crippen molar-refractivity contribution in [3.8, 4) is 0 Å². The molecule has 0 amide bonds. The molecule has 7 heteroatoms. The van der Waals surface area contributed by atoms with E-state index in [-0.39, 0.29) is 0 Å². The molecule has 0 spiro atoms. The molecule has 0 radical (unpaired) electrons. The number of nitrogens with two attached hydrogens (primary N) is 1. The molecule has 0 aliphatic carbocycles. The fourth-order valence-corrected chi connectivity index (χ4v) is 2.82. The molecule has 5 nitrogen and oxygen atoms in total. The average molecular weight is 296 g/mol. The molecule has 1 aromatic carbocycles. The highest BCUT2D eigenvalue weighted by atomic mass is 35.5. The zero-order chi connectivity index (χ0) is 13.4. The summed E-state index contributed by atoms with van der Waals surface area (Å²) in [5.41, 5.74) is 8.24. The molecule has 0 saturated heterocycles. The van der Waals surface area contributed by atoms with E-state index in [1.165, 1.54) is 11.3 Å². The number of aromatic nitrogens is 1. The van der Waals surface area contributed by atoms with E-state index in [1.807, 2.05) is 12.1 Å². The van der Waals surface area contributed by atoms with Crippen LogP contribution in [0.15, 0.2) is 33.5 Å². The largest absolute Gasteiger partial charge is 0.417 e. The molecular weight excluding hydrogens is 286 g/mol. The van der Waals surface area contributed by atoms with Crippen LogP contribution in [0, 0.1) is 0 Å². The summed E-state index contributed by atoms with van der Waals surface area (Å²) < 4.78 is 5.68. The molecule has 0 unspecified atom stereocenters. The van der Waals surface area contributed by atoms with Crippen molar-refractivity contribution >= 4 is 45.4 Å². The number of benzene rings is 1. The summed E-state index contributed by atoms with van der Waals surface area (Å²) in [5.74, 6) is -0.489. The Kier molecular flexibility index (Phi) is 2.96. The van der Waals surface area contributed by atoms with Crippen molar-refractivity contribution in [2.24, 2.45) is 0 Å². The topological polar surface area (TPSA) is 84.0 Å². The minimum Gasteiger partial charge on any atom is -0.408 e. The van der Waals surface area contributed by atoms with Gasteiger partial charge >= 0.3 is 5.76 Å². The molecule has 2 heterocycles. The molecule has 19 heavy (non-hydrogen) atoms. The van der Waals surface area contributed by atoms with Crippen molar-refractivity contribution in [3.05, 3.63) is 44.0 Å². The van der Waals surface area contributed by atoms with Crippen LogP contribution in [-0.2, 0) is 6.54 Å². The highest BCUT2D eigenvalue weighted by molar-refractivity contribution is 7.16. The Morgan fingerprint density at radius 3 is 3.00 bits per heavy atom. The number of halogens is 1. The van der Waals surface area contributed by atoms with Crippen molar-refractivity contribution in [1.29, 1.82) is 0 Å². The molecule has 0 atom stereocenters. The van der Waals surface area contributed by atoms with Crippen LogP contribution in [0.25, 0.3) is 11.1 Å². The Bertz CT molecular complexity index is 790. The van der Waals surface area contributed by atoms with E-state index >= 15 is 0 Å². The third-order valence-electron chi connectivity index (χ3n) is 2.67. The van der Waals surface area contributed by atoms with Crippen LogP contribution >= 0.6 is 22.9 Å². The Hall–Kier alpha value is -1.92. The molecule has 0 fully saturated rings. The maximum absolute atomic E-state index is 11.1. The molecule has 0 aliphatic rings. The summed E-state index contributed by atoms with van der Waals surface area (Å²) in [6.07, 6.45) is 0. The molecule has 2 aromatic heterocycles. The van der Waals surface area contributed by atoms with Gasteiger partial charge in [0.15, 0.2) is 5.58 Å². The summed E-state index contributed by atoms with van der Waals surface area (Å²) in [4.78, 5) is 14.8. The van der Waals surface area contributed by atoms with Crippen molar-refractivity contribution in [2.45, 2.75) is 6.54 Å². The number of nitrogens with one attached hydrogen (secondary N) is 2. The summed E-state index contributed by atoms with van der Waals surface area (Å²) in [6, 6.07) is 7.18. The standard InChI is InChI=1S/C12H10ClN3O2S/c13-11-2-1-6(19-11)5-15-8-4-9-10(3-7(8)14)18-12(17)16-9/h1-4,15H,5,14H2,(H,16,17). The zero-order valence-electron chi connectivity index (χ0n) is 9.70. The number of hydrogen-bond donors (Lipinski definition) is 3. The molecule has 3 aromatic rings. The first kappa shape index (κ1) is 12.1. The van der Waals surface area contributed by atoms with Gasteiger partial charge in [-0.05, 0) is 18.2 Å². The Morgan fingerprint density at radius 1 is 1.42 bits per heavy atom. The van der Waals surface area contributed by atoms with Crippen LogP contribution in [0.4, 0.5) is 11.4 Å². The van der Waals surface area contributed by atoms with Crippen LogP contribution in [0.5, 0.6) is 0 Å². The van der Waals surface area contributed by atoms with Gasteiger partial charge < -0.3 is 15.5 Å². The normalized spacial score (nSPS) is 11.0. The number of nitrogen functional groups attached to an aromatic ring is 1. The van der Waals surface area contributed by atoms with E-state index in [1.54, 1.807) is 12.1 Å². The average Bonchev–Trinajstić information content (AvgIpc) is 2.91. The van der Waals surface area contributed by atoms with Gasteiger partial charge in [0.1, 0.15) is 0 Å². The van der Waals surface area contributed by atoms with Crippen molar-refractivity contribution < 1.29 is 4.42 Å². The van der Waals surface area contributed by atoms with Gasteiger partial charge in [0.2, 0.25) is 0 Å². The van der Waals surface area contributed by atoms with Gasteiger partial charge in [-0.1, -0.05) is 11.6 Å². The van der Waals surface area contributed by atoms with E-state index in [0.29, 0.717) is 23.3 Å². The van der Waals surface area contributed by atoms with Gasteiger partial charge in [0.05, 0.1) is 21.2 Å². The first-order valence-corrected chi connectivity index (χ1v) is 6.72. The highest BCUT2D eigenvalue weighted by Crippen LogP contribution is 2.26. The fourth-order valence-electron chi connectivity index (χ4n) is 1.80. The fraction of sp³-hybridized carbons (Fsp3) is 0.0833. The van der Waals surface area contributed by atoms with Crippen molar-refractivity contribution in [1.82, 2.24) is 4.98 Å². The Balaban J connectivity index is 1.87. The molecule has 0 bridgehead atoms. The molecule has 4 N–H and O–H groups in total. The monoisotopic (exact) mass is 295 g/mol. The molecule has 98 valence electrons. The number of oxazole rings is 1. The third-order valence-corrected chi connectivity index (χ3v) is 3.90. The van der Waals surface area contributed by atoms with Gasteiger partial charge in [-0.25, -0.2) is 4.79 Å². The second-order valence-electron chi connectivity index (χ2n) is 4.01. The molecule has 0 saturated carbocycles. The maximum atomic E-state index is 11.1. The number of hydrogen-bond acceptors (Lipinski definition) is 5. The van der Waals surface area contributed by atoms with Gasteiger partial charge in [-0.2, -0.15) is 0 Å². The molecule has 3 rings (SSSR count). The lowest BCUT2D eigenvalue weighted by Gasteiger charge is -2.07. The predicted molar refractivity (Wildman–Crippen MR) is 77.9 cm³/mol. The minimum absolute atomic E-state index is 0.451. The number of rotatable bonds is 3. The second kappa shape index (κ2) is 4.64. The number of fused-ring (bicyclic) bond motifs is 1. The highest BCUT2D eigenvalue weighted by Gasteiger charge is 2.07. The Labute approximate surface area is 117 Å². The lowest BCUT2D eigenvalue weighted by atomic mass is 10.2. The number of aromatic amines is 1. The molecule has 0 aliphatic heterocycles. The van der Waals surface area contributed by atoms with Gasteiger partial charge in [-0.3, -0.25) is 4.98 Å². The van der Waals surface area contributed by atoms with Crippen LogP contribution in [0.3, 0.4) is 0 Å². The number of H-pyrrole nitrogens is 1. The van der Waals surface area contributed by atoms with Crippen molar-refractivity contribution in [3.63, 3.8) is 0 Å². The summed E-state index contributed by atoms with van der Waals surface area (Å²) >= 11 is 7.37. The summed E-state index contributed by atoms with van der Waals surface area (Å²) in [7, 11) is 0. The first-order chi connectivity index (χ1) is 9.11.